The first-order valence-electron chi connectivity index (χ1n) is 9.31. The maximum absolute atomic E-state index is 2.78. The Morgan fingerprint density at radius 1 is 0.810 bits per heavy atom. The number of hydrogen-bond acceptors (Lipinski definition) is 0. The van der Waals surface area contributed by atoms with E-state index < -0.39 is 0 Å². The van der Waals surface area contributed by atoms with Gasteiger partial charge in [0.1, 0.15) is 0 Å². The molecule has 0 aliphatic carbocycles. The van der Waals surface area contributed by atoms with Gasteiger partial charge in [-0.1, -0.05) is 84.3 Å². The molecule has 0 aliphatic heterocycles. The molecule has 1 heteroatoms. The molecule has 3 unspecified atom stereocenters. The zero-order chi connectivity index (χ0) is 16.1. The van der Waals surface area contributed by atoms with Gasteiger partial charge in [0.15, 0.2) is 0 Å². The van der Waals surface area contributed by atoms with Gasteiger partial charge in [0, 0.05) is 0 Å². The largest absolute Gasteiger partial charge is 0.134 e. The smallest absolute Gasteiger partial charge is 0.0197 e. The minimum absolute atomic E-state index is 0.876. The van der Waals surface area contributed by atoms with Gasteiger partial charge in [0.2, 0.25) is 0 Å². The summed E-state index contributed by atoms with van der Waals surface area (Å²) in [4.78, 5) is 0. The molecule has 0 aromatic heterocycles. The van der Waals surface area contributed by atoms with Crippen molar-refractivity contribution in [2.24, 2.45) is 17.8 Å². The Morgan fingerprint density at radius 3 is 1.76 bits per heavy atom. The van der Waals surface area contributed by atoms with E-state index in [9.17, 15) is 0 Å². The summed E-state index contributed by atoms with van der Waals surface area (Å²) in [5.74, 6) is 2.72. The number of hydrogen-bond donors (Lipinski definition) is 0. The summed E-state index contributed by atoms with van der Waals surface area (Å²) in [7, 11) is 2.78. The van der Waals surface area contributed by atoms with Crippen LogP contribution in [0.4, 0.5) is 0 Å². The molecule has 0 saturated heterocycles. The highest BCUT2D eigenvalue weighted by Gasteiger charge is 2.06. The molecule has 0 aromatic carbocycles. The van der Waals surface area contributed by atoms with Crippen molar-refractivity contribution in [1.82, 2.24) is 0 Å². The second-order valence-electron chi connectivity index (χ2n) is 7.64. The van der Waals surface area contributed by atoms with Crippen molar-refractivity contribution in [3.63, 3.8) is 0 Å². The molecule has 3 atom stereocenters. The van der Waals surface area contributed by atoms with Gasteiger partial charge in [-0.15, -0.1) is 9.24 Å². The van der Waals surface area contributed by atoms with Crippen LogP contribution in [0.5, 0.6) is 0 Å². The van der Waals surface area contributed by atoms with Gasteiger partial charge in [-0.2, -0.15) is 0 Å². The van der Waals surface area contributed by atoms with E-state index in [1.807, 2.05) is 0 Å². The van der Waals surface area contributed by atoms with Crippen LogP contribution in [0.3, 0.4) is 0 Å². The summed E-state index contributed by atoms with van der Waals surface area (Å²) in [6, 6.07) is 0. The molecule has 0 heterocycles. The summed E-state index contributed by atoms with van der Waals surface area (Å²) < 4.78 is 0. The molecule has 0 amide bonds. The molecule has 0 nitrogen and oxygen atoms in total. The first-order valence-corrected chi connectivity index (χ1v) is 10.1. The molecule has 0 spiro atoms. The van der Waals surface area contributed by atoms with Crippen LogP contribution in [0.1, 0.15) is 92.4 Å². The lowest BCUT2D eigenvalue weighted by molar-refractivity contribution is 0.389. The third kappa shape index (κ3) is 14.9. The summed E-state index contributed by atoms with van der Waals surface area (Å²) in [5, 5.41) is 0. The third-order valence-electron chi connectivity index (χ3n) is 4.61. The number of rotatable bonds is 13. The molecule has 21 heavy (non-hydrogen) atoms. The lowest BCUT2D eigenvalue weighted by Crippen LogP contribution is -2.00. The zero-order valence-electron chi connectivity index (χ0n) is 15.5. The van der Waals surface area contributed by atoms with Crippen molar-refractivity contribution in [2.45, 2.75) is 92.4 Å². The van der Waals surface area contributed by atoms with Crippen LogP contribution in [0.25, 0.3) is 0 Å². The van der Waals surface area contributed by atoms with Crippen molar-refractivity contribution >= 4 is 9.24 Å². The lowest BCUT2D eigenvalue weighted by atomic mass is 9.91. The fourth-order valence-corrected chi connectivity index (χ4v) is 3.41. The second-order valence-corrected chi connectivity index (χ2v) is 8.12. The predicted octanol–water partition coefficient (Wildman–Crippen LogP) is 7.25. The van der Waals surface area contributed by atoms with E-state index >= 15 is 0 Å². The highest BCUT2D eigenvalue weighted by Crippen LogP contribution is 2.22. The molecule has 0 aromatic rings. The lowest BCUT2D eigenvalue weighted by Gasteiger charge is -2.15. The minimum atomic E-state index is 0.876. The van der Waals surface area contributed by atoms with E-state index in [1.54, 1.807) is 5.57 Å². The van der Waals surface area contributed by atoms with Crippen LogP contribution >= 0.6 is 9.24 Å². The van der Waals surface area contributed by atoms with E-state index in [0.717, 1.165) is 23.9 Å². The summed E-state index contributed by atoms with van der Waals surface area (Å²) >= 11 is 0. The molecule has 0 radical (unpaired) electrons. The number of allylic oxidation sites excluding steroid dienone is 2. The molecular weight excluding hydrogens is 271 g/mol. The highest BCUT2D eigenvalue weighted by molar-refractivity contribution is 7.16. The molecule has 0 N–H and O–H groups in total. The standard InChI is InChI=1S/C20H41P/c1-17(2)9-6-10-18(3)11-7-12-19(4)13-8-14-20(5)15-16-21/h15,17-19H,6-14,16,21H2,1-5H3/b20-15+. The van der Waals surface area contributed by atoms with Crippen LogP contribution in [0.2, 0.25) is 0 Å². The van der Waals surface area contributed by atoms with E-state index in [-0.39, 0.29) is 0 Å². The van der Waals surface area contributed by atoms with Crippen LogP contribution in [-0.2, 0) is 0 Å². The van der Waals surface area contributed by atoms with Gasteiger partial charge in [-0.25, -0.2) is 0 Å². The normalized spacial score (nSPS) is 15.5. The molecule has 126 valence electrons. The summed E-state index contributed by atoms with van der Waals surface area (Å²) in [5.41, 5.74) is 1.57. The van der Waals surface area contributed by atoms with E-state index in [0.29, 0.717) is 0 Å². The molecule has 0 rings (SSSR count). The maximum atomic E-state index is 2.78. The van der Waals surface area contributed by atoms with E-state index in [4.69, 9.17) is 0 Å². The first kappa shape index (κ1) is 21.2. The van der Waals surface area contributed by atoms with Gasteiger partial charge in [-0.05, 0) is 43.7 Å². The van der Waals surface area contributed by atoms with Crippen molar-refractivity contribution in [1.29, 1.82) is 0 Å². The molecule has 0 fully saturated rings. The van der Waals surface area contributed by atoms with Crippen molar-refractivity contribution in [3.8, 4) is 0 Å². The highest BCUT2D eigenvalue weighted by atomic mass is 31.0. The SMILES string of the molecule is C/C(=C\CP)CCCC(C)CCCC(C)CCCC(C)C. The van der Waals surface area contributed by atoms with E-state index in [2.05, 4.69) is 49.9 Å². The Bertz CT molecular complexity index is 255. The molecule has 0 saturated carbocycles. The Kier molecular flexibility index (Phi) is 13.9. The van der Waals surface area contributed by atoms with Gasteiger partial charge in [0.05, 0.1) is 0 Å². The Balaban J connectivity index is 3.52. The fraction of sp³-hybridized carbons (Fsp3) is 0.900. The van der Waals surface area contributed by atoms with Gasteiger partial charge in [-0.3, -0.25) is 0 Å². The van der Waals surface area contributed by atoms with Crippen molar-refractivity contribution < 1.29 is 0 Å². The average molecular weight is 313 g/mol. The predicted molar refractivity (Wildman–Crippen MR) is 103 cm³/mol. The van der Waals surface area contributed by atoms with Gasteiger partial charge >= 0.3 is 0 Å². The van der Waals surface area contributed by atoms with Crippen LogP contribution in [0.15, 0.2) is 11.6 Å². The van der Waals surface area contributed by atoms with Crippen molar-refractivity contribution in [2.75, 3.05) is 6.16 Å². The Labute approximate surface area is 137 Å². The second kappa shape index (κ2) is 13.8. The monoisotopic (exact) mass is 312 g/mol. The quantitative estimate of drug-likeness (QED) is 0.248. The van der Waals surface area contributed by atoms with Gasteiger partial charge in [0.25, 0.3) is 0 Å². The Morgan fingerprint density at radius 2 is 1.29 bits per heavy atom. The fourth-order valence-electron chi connectivity index (χ4n) is 3.01. The first-order chi connectivity index (χ1) is 9.95. The molecule has 0 bridgehead atoms. The molecular formula is C20H41P. The topological polar surface area (TPSA) is 0 Å². The summed E-state index contributed by atoms with van der Waals surface area (Å²) in [6.45, 7) is 11.8. The zero-order valence-corrected chi connectivity index (χ0v) is 16.6. The van der Waals surface area contributed by atoms with Crippen LogP contribution in [0, 0.1) is 17.8 Å². The Hall–Kier alpha value is 0.170. The average Bonchev–Trinajstić information content (AvgIpc) is 2.38. The van der Waals surface area contributed by atoms with Gasteiger partial charge < -0.3 is 0 Å². The van der Waals surface area contributed by atoms with Crippen LogP contribution < -0.4 is 0 Å². The summed E-state index contributed by atoms with van der Waals surface area (Å²) in [6.07, 6.45) is 16.1. The maximum Gasteiger partial charge on any atom is -0.0197 e. The van der Waals surface area contributed by atoms with E-state index in [1.165, 1.54) is 57.8 Å². The third-order valence-corrected chi connectivity index (χ3v) is 4.84. The minimum Gasteiger partial charge on any atom is -0.134 e. The van der Waals surface area contributed by atoms with Crippen LogP contribution in [-0.4, -0.2) is 6.16 Å². The molecule has 0 aliphatic rings. The van der Waals surface area contributed by atoms with Crippen molar-refractivity contribution in [3.05, 3.63) is 11.6 Å².